The Balaban J connectivity index is 1.12. The zero-order valence-corrected chi connectivity index (χ0v) is 38.4. The van der Waals surface area contributed by atoms with Crippen LogP contribution in [0.25, 0.3) is 0 Å². The van der Waals surface area contributed by atoms with Crippen molar-refractivity contribution in [3.8, 4) is 0 Å². The minimum atomic E-state index is -1.38. The third kappa shape index (κ3) is 9.44. The highest BCUT2D eigenvalue weighted by Gasteiger charge is 2.63. The van der Waals surface area contributed by atoms with Crippen LogP contribution in [0.1, 0.15) is 139 Å². The SMILES string of the molecule is CC[C@@H](C(=O)[C@@H](C)[C@@H](O)[C@H](C)[C@@H]1O[C@@H]([C@@H](CC)C(=O)NCc2ccccc2F)CC[C@@H]1C)[C@H]1O[C@@]2(C=C[C@@H](O)[C@@]3(CC[C@@](C)([C@H]4CC[C@](O)(CC)[C@H](C)O4)O3)O2)[C@H](C)C[C@@H]1C. The molecule has 0 aliphatic carbocycles. The quantitative estimate of drug-likeness (QED) is 0.138. The molecule has 2 spiro atoms. The number of hydrogen-bond donors (Lipinski definition) is 4. The first-order valence-electron chi connectivity index (χ1n) is 23.5. The maximum Gasteiger partial charge on any atom is 0.225 e. The first-order valence-corrected chi connectivity index (χ1v) is 23.5. The number of aliphatic hydroxyl groups is 3. The van der Waals surface area contributed by atoms with Crippen LogP contribution in [0.4, 0.5) is 4.39 Å². The van der Waals surface area contributed by atoms with Crippen molar-refractivity contribution in [2.45, 2.75) is 205 Å². The number of aliphatic hydroxyl groups excluding tert-OH is 2. The number of halogens is 1. The molecule has 0 saturated carbocycles. The van der Waals surface area contributed by atoms with Crippen molar-refractivity contribution >= 4 is 11.7 Å². The summed E-state index contributed by atoms with van der Waals surface area (Å²) >= 11 is 0. The Hall–Kier alpha value is -2.29. The number of rotatable bonds is 14. The van der Waals surface area contributed by atoms with Gasteiger partial charge in [0, 0.05) is 42.2 Å². The van der Waals surface area contributed by atoms with Crippen LogP contribution in [-0.4, -0.2) is 92.5 Å². The van der Waals surface area contributed by atoms with E-state index < -0.39 is 64.8 Å². The molecule has 0 bridgehead atoms. The second kappa shape index (κ2) is 19.0. The van der Waals surface area contributed by atoms with Gasteiger partial charge in [0.05, 0.1) is 53.7 Å². The van der Waals surface area contributed by atoms with Crippen LogP contribution in [0, 0.1) is 47.2 Å². The predicted octanol–water partition coefficient (Wildman–Crippen LogP) is 7.56. The highest BCUT2D eigenvalue weighted by atomic mass is 19.1. The lowest BCUT2D eigenvalue weighted by atomic mass is 9.72. The number of Topliss-reactive ketones (excluding diaryl/α,β-unsaturated/α-hetero) is 1. The molecule has 12 heteroatoms. The number of carbonyl (C=O) groups excluding carboxylic acids is 2. The number of amides is 1. The average Bonchev–Trinajstić information content (AvgIpc) is 3.59. The Labute approximate surface area is 363 Å². The van der Waals surface area contributed by atoms with E-state index in [-0.39, 0.29) is 66.2 Å². The molecule has 4 fully saturated rings. The van der Waals surface area contributed by atoms with Gasteiger partial charge in [-0.2, -0.15) is 0 Å². The number of hydrogen-bond acceptors (Lipinski definition) is 10. The zero-order valence-electron chi connectivity index (χ0n) is 38.4. The minimum Gasteiger partial charge on any atom is -0.392 e. The van der Waals surface area contributed by atoms with E-state index in [1.807, 2.05) is 41.5 Å². The average molecular weight is 858 g/mol. The number of ketones is 1. The predicted molar refractivity (Wildman–Crippen MR) is 229 cm³/mol. The largest absolute Gasteiger partial charge is 0.392 e. The highest BCUT2D eigenvalue weighted by molar-refractivity contribution is 5.84. The van der Waals surface area contributed by atoms with E-state index in [4.69, 9.17) is 23.7 Å². The highest BCUT2D eigenvalue weighted by Crippen LogP contribution is 2.54. The fourth-order valence-electron chi connectivity index (χ4n) is 11.5. The fraction of sp³-hybridized carbons (Fsp3) is 0.796. The fourth-order valence-corrected chi connectivity index (χ4v) is 11.5. The molecule has 5 aliphatic rings. The molecule has 0 radical (unpaired) electrons. The van der Waals surface area contributed by atoms with Gasteiger partial charge in [0.25, 0.3) is 0 Å². The van der Waals surface area contributed by atoms with Gasteiger partial charge in [-0.05, 0) is 102 Å². The maximum absolute atomic E-state index is 14.6. The Morgan fingerprint density at radius 2 is 1.62 bits per heavy atom. The van der Waals surface area contributed by atoms with Crippen molar-refractivity contribution in [1.29, 1.82) is 0 Å². The van der Waals surface area contributed by atoms with Gasteiger partial charge in [-0.3, -0.25) is 9.59 Å². The molecule has 4 saturated heterocycles. The lowest BCUT2D eigenvalue weighted by molar-refractivity contribution is -0.409. The molecule has 0 aromatic heterocycles. The van der Waals surface area contributed by atoms with Crippen LogP contribution in [-0.2, 0) is 39.8 Å². The van der Waals surface area contributed by atoms with E-state index in [1.165, 1.54) is 6.07 Å². The third-order valence-electron chi connectivity index (χ3n) is 15.9. The summed E-state index contributed by atoms with van der Waals surface area (Å²) in [6.07, 6.45) is 5.54. The summed E-state index contributed by atoms with van der Waals surface area (Å²) in [6.45, 7) is 19.9. The summed E-state index contributed by atoms with van der Waals surface area (Å²) in [5.41, 5.74) is -1.23. The van der Waals surface area contributed by atoms with Crippen LogP contribution in [0.2, 0.25) is 0 Å². The van der Waals surface area contributed by atoms with Crippen molar-refractivity contribution in [1.82, 2.24) is 5.32 Å². The van der Waals surface area contributed by atoms with Gasteiger partial charge < -0.3 is 44.3 Å². The molecule has 5 aliphatic heterocycles. The molecule has 1 aromatic carbocycles. The summed E-state index contributed by atoms with van der Waals surface area (Å²) in [7, 11) is 0. The lowest BCUT2D eigenvalue weighted by Gasteiger charge is -2.54. The van der Waals surface area contributed by atoms with Crippen molar-refractivity contribution in [3.05, 3.63) is 47.8 Å². The Bertz CT molecular complexity index is 1710. The van der Waals surface area contributed by atoms with Gasteiger partial charge in [0.15, 0.2) is 5.79 Å². The zero-order chi connectivity index (χ0) is 44.7. The van der Waals surface area contributed by atoms with E-state index in [2.05, 4.69) is 26.1 Å². The van der Waals surface area contributed by atoms with E-state index in [0.29, 0.717) is 63.4 Å². The molecule has 61 heavy (non-hydrogen) atoms. The number of carbonyl (C=O) groups is 2. The standard InChI is InChI=1S/C49H76FNO10/c1-11-35(45(55)51-27-34-16-14-15-17-37(34)50)38-19-18-28(4)43(58-38)32(8)41(53)31(7)42(54)36(12-2)44-29(5)26-30(6)48(59-44)23-20-39(52)49(61-48)25-24-46(10,60-49)40-21-22-47(56,13-3)33(9)57-40/h14-17,20,23,28-33,35-36,38-41,43-44,52-53,56H,11-13,18-19,21-22,24-27H2,1-10H3,(H,51,55)/t28-,29-,30+,31-,32-,33-,35+,36-,38+,39+,40+,41+,43+,44-,46-,47+,48+,49+/m0/s1. The van der Waals surface area contributed by atoms with Crippen LogP contribution < -0.4 is 5.32 Å². The number of ether oxygens (including phenoxy) is 5. The van der Waals surface area contributed by atoms with Crippen molar-refractivity contribution < 1.29 is 53.0 Å². The molecule has 1 aromatic rings. The van der Waals surface area contributed by atoms with Crippen LogP contribution in [0.5, 0.6) is 0 Å². The van der Waals surface area contributed by atoms with Gasteiger partial charge in [0.1, 0.15) is 17.7 Å². The Morgan fingerprint density at radius 1 is 0.918 bits per heavy atom. The summed E-state index contributed by atoms with van der Waals surface area (Å²) in [6, 6.07) is 6.40. The van der Waals surface area contributed by atoms with Crippen molar-refractivity contribution in [2.75, 3.05) is 0 Å². The molecule has 18 atom stereocenters. The first kappa shape index (κ1) is 48.2. The van der Waals surface area contributed by atoms with E-state index in [1.54, 1.807) is 37.3 Å². The van der Waals surface area contributed by atoms with Crippen LogP contribution >= 0.6 is 0 Å². The number of benzene rings is 1. The topological polar surface area (TPSA) is 153 Å². The minimum absolute atomic E-state index is 0.00161. The molecule has 4 N–H and O–H groups in total. The van der Waals surface area contributed by atoms with Gasteiger partial charge >= 0.3 is 0 Å². The summed E-state index contributed by atoms with van der Waals surface area (Å²) in [5.74, 6) is -5.44. The Morgan fingerprint density at radius 3 is 2.28 bits per heavy atom. The number of nitrogens with one attached hydrogen (secondary N) is 1. The summed E-state index contributed by atoms with van der Waals surface area (Å²) in [5, 5.41) is 37.4. The third-order valence-corrected chi connectivity index (χ3v) is 15.9. The molecule has 11 nitrogen and oxygen atoms in total. The van der Waals surface area contributed by atoms with Crippen LogP contribution in [0.15, 0.2) is 36.4 Å². The van der Waals surface area contributed by atoms with Gasteiger partial charge in [-0.15, -0.1) is 0 Å². The van der Waals surface area contributed by atoms with E-state index >= 15 is 0 Å². The maximum atomic E-state index is 14.6. The molecular weight excluding hydrogens is 782 g/mol. The van der Waals surface area contributed by atoms with Gasteiger partial charge in [-0.25, -0.2) is 4.39 Å². The second-order valence-electron chi connectivity index (χ2n) is 19.9. The normalized spacial score (nSPS) is 41.6. The molecule has 344 valence electrons. The Kier molecular flexibility index (Phi) is 15.0. The van der Waals surface area contributed by atoms with E-state index in [9.17, 15) is 29.3 Å². The molecule has 5 heterocycles. The van der Waals surface area contributed by atoms with Crippen molar-refractivity contribution in [3.63, 3.8) is 0 Å². The summed E-state index contributed by atoms with van der Waals surface area (Å²) < 4.78 is 48.2. The monoisotopic (exact) mass is 858 g/mol. The first-order chi connectivity index (χ1) is 28.8. The molecule has 1 amide bonds. The van der Waals surface area contributed by atoms with Crippen molar-refractivity contribution in [2.24, 2.45) is 41.4 Å². The van der Waals surface area contributed by atoms with Crippen LogP contribution in [0.3, 0.4) is 0 Å². The van der Waals surface area contributed by atoms with Gasteiger partial charge in [0.2, 0.25) is 11.7 Å². The summed E-state index contributed by atoms with van der Waals surface area (Å²) in [4.78, 5) is 28.1. The lowest BCUT2D eigenvalue weighted by Crippen LogP contribution is -2.63. The molecule has 6 rings (SSSR count). The van der Waals surface area contributed by atoms with Gasteiger partial charge in [-0.1, -0.05) is 73.6 Å². The second-order valence-corrected chi connectivity index (χ2v) is 19.9. The molecular formula is C49H76FNO10. The molecule has 0 unspecified atom stereocenters. The smallest absolute Gasteiger partial charge is 0.225 e. The van der Waals surface area contributed by atoms with E-state index in [0.717, 1.165) is 6.42 Å².